The molecule has 1 fully saturated rings. The molecule has 1 aromatic rings. The zero-order valence-corrected chi connectivity index (χ0v) is 11.8. The van der Waals surface area contributed by atoms with Crippen molar-refractivity contribution < 1.29 is 0 Å². The van der Waals surface area contributed by atoms with Crippen molar-refractivity contribution in [3.05, 3.63) is 30.3 Å². The number of guanidine groups is 1. The molecule has 0 radical (unpaired) electrons. The molecular formula is C16H23N3. The van der Waals surface area contributed by atoms with Crippen molar-refractivity contribution in [2.75, 3.05) is 11.4 Å². The summed E-state index contributed by atoms with van der Waals surface area (Å²) >= 11 is 0. The van der Waals surface area contributed by atoms with E-state index in [1.807, 2.05) is 6.07 Å². The summed E-state index contributed by atoms with van der Waals surface area (Å²) in [5.74, 6) is 2.07. The van der Waals surface area contributed by atoms with E-state index in [-0.39, 0.29) is 5.54 Å². The molecule has 1 spiro atoms. The summed E-state index contributed by atoms with van der Waals surface area (Å²) in [6.45, 7) is 5.56. The van der Waals surface area contributed by atoms with E-state index in [1.165, 1.54) is 24.9 Å². The van der Waals surface area contributed by atoms with Gasteiger partial charge in [-0.3, -0.25) is 4.99 Å². The molecule has 0 saturated heterocycles. The summed E-state index contributed by atoms with van der Waals surface area (Å²) in [5.41, 5.74) is 7.48. The van der Waals surface area contributed by atoms with Gasteiger partial charge >= 0.3 is 0 Å². The molecule has 3 heteroatoms. The largest absolute Gasteiger partial charge is 0.369 e. The van der Waals surface area contributed by atoms with Gasteiger partial charge in [-0.2, -0.15) is 0 Å². The SMILES string of the molecule is CC1CCC(C)C2(CN=C(N)N2c2ccccc2)C1. The Labute approximate surface area is 115 Å². The molecule has 1 saturated carbocycles. The summed E-state index contributed by atoms with van der Waals surface area (Å²) in [6.07, 6.45) is 3.78. The van der Waals surface area contributed by atoms with Crippen LogP contribution in [-0.2, 0) is 0 Å². The fourth-order valence-electron chi connectivity index (χ4n) is 3.80. The maximum atomic E-state index is 6.20. The van der Waals surface area contributed by atoms with Crippen LogP contribution in [0.3, 0.4) is 0 Å². The normalized spacial score (nSPS) is 34.6. The Kier molecular flexibility index (Phi) is 3.00. The molecule has 19 heavy (non-hydrogen) atoms. The first-order valence-corrected chi connectivity index (χ1v) is 7.29. The summed E-state index contributed by atoms with van der Waals surface area (Å²) < 4.78 is 0. The maximum absolute atomic E-state index is 6.20. The molecule has 3 unspecified atom stereocenters. The van der Waals surface area contributed by atoms with Gasteiger partial charge in [-0.05, 0) is 36.8 Å². The first kappa shape index (κ1) is 12.5. The monoisotopic (exact) mass is 257 g/mol. The van der Waals surface area contributed by atoms with Gasteiger partial charge in [-0.25, -0.2) is 0 Å². The van der Waals surface area contributed by atoms with Crippen LogP contribution in [-0.4, -0.2) is 18.0 Å². The van der Waals surface area contributed by atoms with Crippen molar-refractivity contribution in [2.24, 2.45) is 22.6 Å². The van der Waals surface area contributed by atoms with Gasteiger partial charge in [-0.15, -0.1) is 0 Å². The number of nitrogens with zero attached hydrogens (tertiary/aromatic N) is 2. The second-order valence-electron chi connectivity index (χ2n) is 6.24. The second kappa shape index (κ2) is 4.55. The summed E-state index contributed by atoms with van der Waals surface area (Å²) in [5, 5.41) is 0. The summed E-state index contributed by atoms with van der Waals surface area (Å²) in [4.78, 5) is 6.88. The van der Waals surface area contributed by atoms with Gasteiger partial charge in [-0.1, -0.05) is 38.5 Å². The van der Waals surface area contributed by atoms with Crippen LogP contribution < -0.4 is 10.6 Å². The minimum absolute atomic E-state index is 0.100. The molecule has 1 heterocycles. The number of aliphatic imine (C=N–C) groups is 1. The minimum atomic E-state index is 0.100. The Morgan fingerprint density at radius 3 is 2.68 bits per heavy atom. The standard InChI is InChI=1S/C16H23N3/c1-12-8-9-13(2)16(10-12)11-18-15(17)19(16)14-6-4-3-5-7-14/h3-7,12-13H,8-11H2,1-2H3,(H2,17,18). The number of hydrogen-bond donors (Lipinski definition) is 1. The van der Waals surface area contributed by atoms with Crippen LogP contribution in [0.1, 0.15) is 33.1 Å². The van der Waals surface area contributed by atoms with Gasteiger partial charge in [0, 0.05) is 5.69 Å². The van der Waals surface area contributed by atoms with E-state index in [2.05, 4.69) is 48.0 Å². The lowest BCUT2D eigenvalue weighted by atomic mass is 9.69. The highest BCUT2D eigenvalue weighted by Gasteiger charge is 2.49. The molecule has 3 nitrogen and oxygen atoms in total. The summed E-state index contributed by atoms with van der Waals surface area (Å²) in [6, 6.07) is 10.5. The Morgan fingerprint density at radius 2 is 1.95 bits per heavy atom. The Bertz CT molecular complexity index is 482. The van der Waals surface area contributed by atoms with Crippen LogP contribution in [0.5, 0.6) is 0 Å². The number of para-hydroxylation sites is 1. The molecule has 3 rings (SSSR count). The molecule has 0 amide bonds. The van der Waals surface area contributed by atoms with Crippen molar-refractivity contribution in [3.8, 4) is 0 Å². The number of anilines is 1. The first-order chi connectivity index (χ1) is 9.13. The number of nitrogens with two attached hydrogens (primary N) is 1. The van der Waals surface area contributed by atoms with Crippen molar-refractivity contribution in [1.82, 2.24) is 0 Å². The molecular weight excluding hydrogens is 234 g/mol. The van der Waals surface area contributed by atoms with Crippen LogP contribution in [0.4, 0.5) is 5.69 Å². The smallest absolute Gasteiger partial charge is 0.196 e. The zero-order valence-electron chi connectivity index (χ0n) is 11.8. The van der Waals surface area contributed by atoms with Gasteiger partial charge in [0.05, 0.1) is 12.1 Å². The lowest BCUT2D eigenvalue weighted by molar-refractivity contribution is 0.178. The Hall–Kier alpha value is -1.51. The van der Waals surface area contributed by atoms with Crippen molar-refractivity contribution in [1.29, 1.82) is 0 Å². The Morgan fingerprint density at radius 1 is 1.21 bits per heavy atom. The van der Waals surface area contributed by atoms with E-state index in [4.69, 9.17) is 5.73 Å². The molecule has 3 atom stereocenters. The average Bonchev–Trinajstić information content (AvgIpc) is 2.73. The van der Waals surface area contributed by atoms with E-state index >= 15 is 0 Å². The topological polar surface area (TPSA) is 41.6 Å². The predicted molar refractivity (Wildman–Crippen MR) is 80.3 cm³/mol. The highest BCUT2D eigenvalue weighted by Crippen LogP contribution is 2.45. The fourth-order valence-corrected chi connectivity index (χ4v) is 3.80. The van der Waals surface area contributed by atoms with Crippen molar-refractivity contribution in [2.45, 2.75) is 38.6 Å². The van der Waals surface area contributed by atoms with E-state index in [0.717, 1.165) is 12.5 Å². The highest BCUT2D eigenvalue weighted by atomic mass is 15.4. The molecule has 2 N–H and O–H groups in total. The van der Waals surface area contributed by atoms with E-state index in [1.54, 1.807) is 0 Å². The first-order valence-electron chi connectivity index (χ1n) is 7.29. The summed E-state index contributed by atoms with van der Waals surface area (Å²) in [7, 11) is 0. The molecule has 0 aromatic heterocycles. The maximum Gasteiger partial charge on any atom is 0.196 e. The van der Waals surface area contributed by atoms with Crippen LogP contribution in [0.25, 0.3) is 0 Å². The van der Waals surface area contributed by atoms with Crippen LogP contribution in [0, 0.1) is 11.8 Å². The van der Waals surface area contributed by atoms with Crippen LogP contribution in [0.2, 0.25) is 0 Å². The third-order valence-electron chi connectivity index (χ3n) is 4.92. The van der Waals surface area contributed by atoms with Crippen molar-refractivity contribution >= 4 is 11.6 Å². The van der Waals surface area contributed by atoms with Gasteiger partial charge in [0.25, 0.3) is 0 Å². The highest BCUT2D eigenvalue weighted by molar-refractivity contribution is 5.98. The Balaban J connectivity index is 2.01. The second-order valence-corrected chi connectivity index (χ2v) is 6.24. The lowest BCUT2D eigenvalue weighted by Gasteiger charge is -2.48. The number of benzene rings is 1. The zero-order chi connectivity index (χ0) is 13.5. The molecule has 1 aliphatic carbocycles. The van der Waals surface area contributed by atoms with Crippen molar-refractivity contribution in [3.63, 3.8) is 0 Å². The lowest BCUT2D eigenvalue weighted by Crippen LogP contribution is -2.58. The molecule has 2 aliphatic rings. The minimum Gasteiger partial charge on any atom is -0.369 e. The van der Waals surface area contributed by atoms with E-state index in [9.17, 15) is 0 Å². The van der Waals surface area contributed by atoms with Gasteiger partial charge in [0.1, 0.15) is 0 Å². The van der Waals surface area contributed by atoms with Gasteiger partial charge in [0.15, 0.2) is 5.96 Å². The van der Waals surface area contributed by atoms with E-state index < -0.39 is 0 Å². The quantitative estimate of drug-likeness (QED) is 0.840. The van der Waals surface area contributed by atoms with Crippen LogP contribution >= 0.6 is 0 Å². The average molecular weight is 257 g/mol. The fraction of sp³-hybridized carbons (Fsp3) is 0.562. The third-order valence-corrected chi connectivity index (χ3v) is 4.92. The molecule has 0 bridgehead atoms. The number of hydrogen-bond acceptors (Lipinski definition) is 3. The third kappa shape index (κ3) is 1.92. The number of rotatable bonds is 1. The molecule has 102 valence electrons. The molecule has 1 aromatic carbocycles. The van der Waals surface area contributed by atoms with Gasteiger partial charge in [0.2, 0.25) is 0 Å². The molecule has 1 aliphatic heterocycles. The van der Waals surface area contributed by atoms with E-state index in [0.29, 0.717) is 11.9 Å². The predicted octanol–water partition coefficient (Wildman–Crippen LogP) is 3.02. The van der Waals surface area contributed by atoms with Crippen LogP contribution in [0.15, 0.2) is 35.3 Å². The van der Waals surface area contributed by atoms with Gasteiger partial charge < -0.3 is 10.6 Å².